The van der Waals surface area contributed by atoms with E-state index in [0.29, 0.717) is 31.9 Å². The van der Waals surface area contributed by atoms with Gasteiger partial charge in [-0.05, 0) is 30.6 Å². The molecule has 0 bridgehead atoms. The van der Waals surface area contributed by atoms with Crippen LogP contribution in [0.4, 0.5) is 10.1 Å². The number of hydrogen-bond donors (Lipinski definition) is 1. The van der Waals surface area contributed by atoms with Gasteiger partial charge in [-0.1, -0.05) is 12.1 Å². The maximum Gasteiger partial charge on any atom is 0.328 e. The summed E-state index contributed by atoms with van der Waals surface area (Å²) in [6.07, 6.45) is 0. The number of halogens is 1. The van der Waals surface area contributed by atoms with Crippen LogP contribution in [-0.4, -0.2) is 50.9 Å². The minimum Gasteiger partial charge on any atom is -0.366 e. The van der Waals surface area contributed by atoms with Crippen molar-refractivity contribution in [3.8, 4) is 0 Å². The fraction of sp³-hybridized carbons (Fsp3) is 0.333. The molecule has 146 valence electrons. The number of piperazine rings is 1. The van der Waals surface area contributed by atoms with Crippen LogP contribution in [0.25, 0.3) is 11.0 Å². The SMILES string of the molecule is CCn1c(=O)[nH]c2c(C(=O)N3CCN(c4ccccc4F)CC3)snc2c1=O. The largest absolute Gasteiger partial charge is 0.366 e. The third-order valence-corrected chi connectivity index (χ3v) is 5.72. The lowest BCUT2D eigenvalue weighted by Gasteiger charge is -2.36. The van der Waals surface area contributed by atoms with Gasteiger partial charge in [0.1, 0.15) is 10.7 Å². The predicted octanol–water partition coefficient (Wildman–Crippen LogP) is 1.27. The zero-order chi connectivity index (χ0) is 19.8. The van der Waals surface area contributed by atoms with Crippen molar-refractivity contribution in [2.45, 2.75) is 13.5 Å². The number of carbonyl (C=O) groups excluding carboxylic acids is 1. The molecular formula is C18H18FN5O3S. The highest BCUT2D eigenvalue weighted by Gasteiger charge is 2.27. The van der Waals surface area contributed by atoms with Gasteiger partial charge in [0.15, 0.2) is 5.52 Å². The lowest BCUT2D eigenvalue weighted by molar-refractivity contribution is 0.0753. The van der Waals surface area contributed by atoms with Crippen LogP contribution in [0.15, 0.2) is 33.9 Å². The van der Waals surface area contributed by atoms with Crippen molar-refractivity contribution in [3.05, 3.63) is 55.8 Å². The number of aromatic nitrogens is 3. The highest BCUT2D eigenvalue weighted by Crippen LogP contribution is 2.23. The number of nitrogens with one attached hydrogen (secondary N) is 1. The van der Waals surface area contributed by atoms with Crippen LogP contribution in [0, 0.1) is 5.82 Å². The summed E-state index contributed by atoms with van der Waals surface area (Å²) in [7, 11) is 0. The smallest absolute Gasteiger partial charge is 0.328 e. The van der Waals surface area contributed by atoms with Crippen molar-refractivity contribution in [2.24, 2.45) is 0 Å². The van der Waals surface area contributed by atoms with Crippen LogP contribution in [-0.2, 0) is 6.54 Å². The van der Waals surface area contributed by atoms with Crippen LogP contribution >= 0.6 is 11.5 Å². The van der Waals surface area contributed by atoms with Gasteiger partial charge < -0.3 is 14.8 Å². The monoisotopic (exact) mass is 403 g/mol. The van der Waals surface area contributed by atoms with Gasteiger partial charge >= 0.3 is 5.69 Å². The zero-order valence-electron chi connectivity index (χ0n) is 15.1. The van der Waals surface area contributed by atoms with E-state index < -0.39 is 11.2 Å². The van der Waals surface area contributed by atoms with Crippen LogP contribution < -0.4 is 16.1 Å². The van der Waals surface area contributed by atoms with E-state index in [-0.39, 0.29) is 34.2 Å². The van der Waals surface area contributed by atoms with E-state index in [4.69, 9.17) is 0 Å². The van der Waals surface area contributed by atoms with E-state index in [1.54, 1.807) is 30.0 Å². The molecule has 0 atom stereocenters. The van der Waals surface area contributed by atoms with Crippen molar-refractivity contribution in [2.75, 3.05) is 31.1 Å². The maximum absolute atomic E-state index is 14.0. The summed E-state index contributed by atoms with van der Waals surface area (Å²) in [5.74, 6) is -0.578. The fourth-order valence-corrected chi connectivity index (χ4v) is 4.18. The van der Waals surface area contributed by atoms with Crippen LogP contribution in [0.3, 0.4) is 0 Å². The van der Waals surface area contributed by atoms with E-state index in [2.05, 4.69) is 9.36 Å². The Balaban J connectivity index is 1.57. The van der Waals surface area contributed by atoms with E-state index in [1.807, 2.05) is 4.90 Å². The summed E-state index contributed by atoms with van der Waals surface area (Å²) in [6.45, 7) is 3.70. The number of aromatic amines is 1. The van der Waals surface area contributed by atoms with Crippen LogP contribution in [0.2, 0.25) is 0 Å². The van der Waals surface area contributed by atoms with Gasteiger partial charge in [-0.2, -0.15) is 4.37 Å². The normalized spacial score (nSPS) is 14.6. The number of hydrogen-bond acceptors (Lipinski definition) is 6. The first-order chi connectivity index (χ1) is 13.5. The lowest BCUT2D eigenvalue weighted by Crippen LogP contribution is -2.49. The first-order valence-corrected chi connectivity index (χ1v) is 9.70. The molecule has 4 rings (SSSR count). The number of fused-ring (bicyclic) bond motifs is 1. The fourth-order valence-electron chi connectivity index (χ4n) is 3.38. The Bertz CT molecular complexity index is 1160. The van der Waals surface area contributed by atoms with Crippen molar-refractivity contribution in [1.29, 1.82) is 0 Å². The van der Waals surface area contributed by atoms with Gasteiger partial charge in [0, 0.05) is 32.7 Å². The summed E-state index contributed by atoms with van der Waals surface area (Å²) in [5.41, 5.74) is -0.257. The first-order valence-electron chi connectivity index (χ1n) is 8.92. The Hall–Kier alpha value is -3.01. The molecule has 3 aromatic rings. The van der Waals surface area contributed by atoms with Gasteiger partial charge in [0.25, 0.3) is 11.5 Å². The van der Waals surface area contributed by atoms with Crippen molar-refractivity contribution in [3.63, 3.8) is 0 Å². The number of carbonyl (C=O) groups is 1. The summed E-state index contributed by atoms with van der Waals surface area (Å²) >= 11 is 0.908. The quantitative estimate of drug-likeness (QED) is 0.711. The van der Waals surface area contributed by atoms with Crippen molar-refractivity contribution >= 4 is 34.2 Å². The molecule has 0 unspecified atom stereocenters. The third-order valence-electron chi connectivity index (χ3n) is 4.89. The maximum atomic E-state index is 14.0. The van der Waals surface area contributed by atoms with Gasteiger partial charge in [-0.25, -0.2) is 9.18 Å². The average Bonchev–Trinajstić information content (AvgIpc) is 3.12. The Morgan fingerprint density at radius 2 is 1.93 bits per heavy atom. The minimum absolute atomic E-state index is 0.0970. The number of rotatable bonds is 3. The van der Waals surface area contributed by atoms with E-state index in [0.717, 1.165) is 16.1 Å². The van der Waals surface area contributed by atoms with Crippen molar-refractivity contribution in [1.82, 2.24) is 18.8 Å². The zero-order valence-corrected chi connectivity index (χ0v) is 16.0. The average molecular weight is 403 g/mol. The number of anilines is 1. The lowest BCUT2D eigenvalue weighted by atomic mass is 10.2. The molecule has 28 heavy (non-hydrogen) atoms. The van der Waals surface area contributed by atoms with Crippen molar-refractivity contribution < 1.29 is 9.18 Å². The molecule has 3 heterocycles. The van der Waals surface area contributed by atoms with Gasteiger partial charge in [0.2, 0.25) is 0 Å². The highest BCUT2D eigenvalue weighted by atomic mass is 32.1. The van der Waals surface area contributed by atoms with Gasteiger partial charge in [-0.15, -0.1) is 0 Å². The van der Waals surface area contributed by atoms with Gasteiger partial charge in [-0.3, -0.25) is 14.2 Å². The Morgan fingerprint density at radius 3 is 2.61 bits per heavy atom. The Labute approximate surface area is 163 Å². The van der Waals surface area contributed by atoms with Crippen LogP contribution in [0.1, 0.15) is 16.6 Å². The standard InChI is InChI=1S/C18H18FN5O3S/c1-2-24-16(25)14-13(20-18(24)27)15(28-21-14)17(26)23-9-7-22(8-10-23)12-6-4-3-5-11(12)19/h3-6H,2,7-10H2,1H3,(H,20,27). The molecule has 8 nitrogen and oxygen atoms in total. The topological polar surface area (TPSA) is 91.3 Å². The van der Waals surface area contributed by atoms with Gasteiger partial charge in [0.05, 0.1) is 11.2 Å². The summed E-state index contributed by atoms with van der Waals surface area (Å²) in [5, 5.41) is 0. The molecule has 10 heteroatoms. The van der Waals surface area contributed by atoms with E-state index >= 15 is 0 Å². The molecule has 0 saturated carbocycles. The number of amides is 1. The number of benzene rings is 1. The summed E-state index contributed by atoms with van der Waals surface area (Å²) in [4.78, 5) is 43.7. The number of nitrogens with zero attached hydrogens (tertiary/aromatic N) is 4. The van der Waals surface area contributed by atoms with E-state index in [1.165, 1.54) is 6.07 Å². The number of H-pyrrole nitrogens is 1. The highest BCUT2D eigenvalue weighted by molar-refractivity contribution is 7.09. The third kappa shape index (κ3) is 2.99. The molecule has 1 aliphatic rings. The second-order valence-corrected chi connectivity index (χ2v) is 7.22. The summed E-state index contributed by atoms with van der Waals surface area (Å²) < 4.78 is 19.1. The Morgan fingerprint density at radius 1 is 1.21 bits per heavy atom. The predicted molar refractivity (Wildman–Crippen MR) is 105 cm³/mol. The first kappa shape index (κ1) is 18.4. The van der Waals surface area contributed by atoms with E-state index in [9.17, 15) is 18.8 Å². The molecule has 0 radical (unpaired) electrons. The molecule has 1 saturated heterocycles. The number of para-hydroxylation sites is 1. The Kier molecular flexibility index (Phi) is 4.71. The second-order valence-electron chi connectivity index (χ2n) is 6.45. The molecule has 1 aliphatic heterocycles. The molecule has 2 aromatic heterocycles. The molecule has 1 fully saturated rings. The second kappa shape index (κ2) is 7.19. The molecule has 1 amide bonds. The van der Waals surface area contributed by atoms with Crippen LogP contribution in [0.5, 0.6) is 0 Å². The minimum atomic E-state index is -0.557. The molecule has 1 aromatic carbocycles. The molecule has 0 spiro atoms. The molecule has 0 aliphatic carbocycles. The summed E-state index contributed by atoms with van der Waals surface area (Å²) in [6, 6.07) is 6.54. The molecular weight excluding hydrogens is 385 g/mol. The molecule has 1 N–H and O–H groups in total.